The first-order chi connectivity index (χ1) is 10.4. The third-order valence-corrected chi connectivity index (χ3v) is 3.25. The van der Waals surface area contributed by atoms with Crippen molar-refractivity contribution in [3.05, 3.63) is 35.4 Å². The molecule has 1 unspecified atom stereocenters. The first kappa shape index (κ1) is 19.3. The number of hydrogen-bond donors (Lipinski definition) is 1. The van der Waals surface area contributed by atoms with Crippen molar-refractivity contribution in [3.8, 4) is 0 Å². The van der Waals surface area contributed by atoms with Gasteiger partial charge in [0, 0.05) is 6.54 Å². The Morgan fingerprint density at radius 1 is 1.17 bits per heavy atom. The predicted molar refractivity (Wildman–Crippen MR) is 71.4 cm³/mol. The molecule has 0 heterocycles. The molecule has 0 aliphatic rings. The SMILES string of the molecule is CC(C(=O)NCC(F)(F)F)N(C)Cc1ccccc1C(F)(F)F. The van der Waals surface area contributed by atoms with Crippen LogP contribution in [0.1, 0.15) is 18.1 Å². The summed E-state index contributed by atoms with van der Waals surface area (Å²) >= 11 is 0. The maximum atomic E-state index is 12.9. The predicted octanol–water partition coefficient (Wildman–Crippen LogP) is 3.20. The summed E-state index contributed by atoms with van der Waals surface area (Å²) in [6.07, 6.45) is -9.09. The minimum atomic E-state index is -4.54. The molecule has 1 amide bonds. The van der Waals surface area contributed by atoms with Crippen molar-refractivity contribution < 1.29 is 31.1 Å². The molecule has 9 heteroatoms. The maximum Gasteiger partial charge on any atom is 0.416 e. The molecular weight excluding hydrogens is 326 g/mol. The van der Waals surface area contributed by atoms with Crippen LogP contribution >= 0.6 is 0 Å². The molecule has 1 aromatic carbocycles. The van der Waals surface area contributed by atoms with Crippen molar-refractivity contribution in [2.45, 2.75) is 31.9 Å². The van der Waals surface area contributed by atoms with Gasteiger partial charge in [0.25, 0.3) is 0 Å². The Hall–Kier alpha value is -1.77. The Morgan fingerprint density at radius 3 is 2.26 bits per heavy atom. The van der Waals surface area contributed by atoms with Crippen LogP contribution in [-0.4, -0.2) is 36.6 Å². The van der Waals surface area contributed by atoms with Gasteiger partial charge in [-0.05, 0) is 25.6 Å². The summed E-state index contributed by atoms with van der Waals surface area (Å²) in [4.78, 5) is 12.9. The summed E-state index contributed by atoms with van der Waals surface area (Å²) in [6, 6.07) is 3.83. The van der Waals surface area contributed by atoms with Crippen LogP contribution in [0.4, 0.5) is 26.3 Å². The number of amides is 1. The van der Waals surface area contributed by atoms with E-state index in [-0.39, 0.29) is 12.1 Å². The van der Waals surface area contributed by atoms with Gasteiger partial charge < -0.3 is 5.32 Å². The standard InChI is InChI=1S/C14H16F6N2O/c1-9(12(23)21-8-13(15,16)17)22(2)7-10-5-3-4-6-11(10)14(18,19)20/h3-6,9H,7-8H2,1-2H3,(H,21,23). The van der Waals surface area contributed by atoms with Crippen molar-refractivity contribution in [2.75, 3.05) is 13.6 Å². The van der Waals surface area contributed by atoms with Crippen LogP contribution in [0.2, 0.25) is 0 Å². The molecule has 1 rings (SSSR count). The molecule has 3 nitrogen and oxygen atoms in total. The number of halogens is 6. The Balaban J connectivity index is 2.76. The summed E-state index contributed by atoms with van der Waals surface area (Å²) < 4.78 is 74.8. The highest BCUT2D eigenvalue weighted by atomic mass is 19.4. The summed E-state index contributed by atoms with van der Waals surface area (Å²) in [7, 11) is 1.37. The molecule has 1 atom stereocenters. The van der Waals surface area contributed by atoms with Gasteiger partial charge in [0.1, 0.15) is 6.54 Å². The quantitative estimate of drug-likeness (QED) is 0.834. The largest absolute Gasteiger partial charge is 0.416 e. The highest BCUT2D eigenvalue weighted by molar-refractivity contribution is 5.81. The van der Waals surface area contributed by atoms with Gasteiger partial charge in [0.05, 0.1) is 11.6 Å². The molecule has 0 saturated carbocycles. The van der Waals surface area contributed by atoms with Crippen LogP contribution in [-0.2, 0) is 17.5 Å². The zero-order valence-electron chi connectivity index (χ0n) is 12.4. The summed E-state index contributed by atoms with van der Waals surface area (Å²) in [5.41, 5.74) is -0.896. The molecule has 130 valence electrons. The zero-order chi connectivity index (χ0) is 17.8. The van der Waals surface area contributed by atoms with Crippen molar-refractivity contribution in [3.63, 3.8) is 0 Å². The fraction of sp³-hybridized carbons (Fsp3) is 0.500. The number of nitrogens with zero attached hydrogens (tertiary/aromatic N) is 1. The third kappa shape index (κ3) is 6.09. The zero-order valence-corrected chi connectivity index (χ0v) is 12.4. The molecule has 0 spiro atoms. The molecule has 0 fully saturated rings. The van der Waals surface area contributed by atoms with Crippen molar-refractivity contribution >= 4 is 5.91 Å². The topological polar surface area (TPSA) is 32.3 Å². The molecule has 0 radical (unpaired) electrons. The van der Waals surface area contributed by atoms with E-state index in [2.05, 4.69) is 0 Å². The molecule has 0 saturated heterocycles. The maximum absolute atomic E-state index is 12.9. The van der Waals surface area contributed by atoms with Gasteiger partial charge in [-0.1, -0.05) is 18.2 Å². The minimum Gasteiger partial charge on any atom is -0.346 e. The molecule has 0 aliphatic heterocycles. The Kier molecular flexibility index (Phi) is 6.04. The van der Waals surface area contributed by atoms with E-state index in [9.17, 15) is 31.1 Å². The normalized spacial score (nSPS) is 14.0. The van der Waals surface area contributed by atoms with Crippen molar-refractivity contribution in [1.29, 1.82) is 0 Å². The number of likely N-dealkylation sites (N-methyl/N-ethyl adjacent to an activating group) is 1. The monoisotopic (exact) mass is 342 g/mol. The van der Waals surface area contributed by atoms with Gasteiger partial charge in [-0.3, -0.25) is 9.69 Å². The molecule has 1 aromatic rings. The van der Waals surface area contributed by atoms with Crippen LogP contribution in [0.15, 0.2) is 24.3 Å². The fourth-order valence-corrected chi connectivity index (χ4v) is 1.88. The van der Waals surface area contributed by atoms with Crippen LogP contribution in [0.25, 0.3) is 0 Å². The number of nitrogens with one attached hydrogen (secondary N) is 1. The van der Waals surface area contributed by atoms with E-state index in [1.807, 2.05) is 0 Å². The fourth-order valence-electron chi connectivity index (χ4n) is 1.88. The number of alkyl halides is 6. The van der Waals surface area contributed by atoms with E-state index in [0.717, 1.165) is 6.07 Å². The minimum absolute atomic E-state index is 0.0574. The van der Waals surface area contributed by atoms with Gasteiger partial charge in [0.2, 0.25) is 5.91 Å². The number of benzene rings is 1. The summed E-state index contributed by atoms with van der Waals surface area (Å²) in [5, 5.41) is 1.71. The van der Waals surface area contributed by atoms with Crippen LogP contribution in [0, 0.1) is 0 Å². The van der Waals surface area contributed by atoms with Gasteiger partial charge in [-0.15, -0.1) is 0 Å². The Labute approximate surface area is 129 Å². The number of rotatable bonds is 5. The second-order valence-electron chi connectivity index (χ2n) is 5.08. The Bertz CT molecular complexity index is 541. The average Bonchev–Trinajstić information content (AvgIpc) is 2.42. The van der Waals surface area contributed by atoms with Gasteiger partial charge >= 0.3 is 12.4 Å². The lowest BCUT2D eigenvalue weighted by atomic mass is 10.1. The highest BCUT2D eigenvalue weighted by Crippen LogP contribution is 2.32. The van der Waals surface area contributed by atoms with E-state index in [4.69, 9.17) is 0 Å². The van der Waals surface area contributed by atoms with Crippen LogP contribution < -0.4 is 5.32 Å². The smallest absolute Gasteiger partial charge is 0.346 e. The van der Waals surface area contributed by atoms with Gasteiger partial charge in [0.15, 0.2) is 0 Å². The van der Waals surface area contributed by atoms with E-state index in [1.54, 1.807) is 5.32 Å². The number of hydrogen-bond acceptors (Lipinski definition) is 2. The first-order valence-electron chi connectivity index (χ1n) is 6.61. The molecule has 23 heavy (non-hydrogen) atoms. The first-order valence-corrected chi connectivity index (χ1v) is 6.61. The lowest BCUT2D eigenvalue weighted by Gasteiger charge is -2.25. The summed E-state index contributed by atoms with van der Waals surface area (Å²) in [6.45, 7) is -0.388. The lowest BCUT2D eigenvalue weighted by molar-refractivity contribution is -0.141. The number of carbonyl (C=O) groups excluding carboxylic acids is 1. The van der Waals surface area contributed by atoms with Gasteiger partial charge in [-0.2, -0.15) is 26.3 Å². The second-order valence-corrected chi connectivity index (χ2v) is 5.08. The van der Waals surface area contributed by atoms with Crippen molar-refractivity contribution in [1.82, 2.24) is 10.2 Å². The highest BCUT2D eigenvalue weighted by Gasteiger charge is 2.34. The Morgan fingerprint density at radius 2 is 1.74 bits per heavy atom. The lowest BCUT2D eigenvalue weighted by Crippen LogP contribution is -2.45. The van der Waals surface area contributed by atoms with Crippen molar-refractivity contribution in [2.24, 2.45) is 0 Å². The van der Waals surface area contributed by atoms with E-state index < -0.39 is 36.4 Å². The van der Waals surface area contributed by atoms with E-state index >= 15 is 0 Å². The van der Waals surface area contributed by atoms with Gasteiger partial charge in [-0.25, -0.2) is 0 Å². The number of carbonyl (C=O) groups is 1. The molecule has 0 aliphatic carbocycles. The van der Waals surface area contributed by atoms with E-state index in [1.165, 1.54) is 37.1 Å². The molecule has 0 bridgehead atoms. The van der Waals surface area contributed by atoms with Crippen LogP contribution in [0.5, 0.6) is 0 Å². The molecular formula is C14H16F6N2O. The van der Waals surface area contributed by atoms with Crippen LogP contribution in [0.3, 0.4) is 0 Å². The van der Waals surface area contributed by atoms with E-state index in [0.29, 0.717) is 0 Å². The summed E-state index contributed by atoms with van der Waals surface area (Å²) in [5.74, 6) is -0.908. The second kappa shape index (κ2) is 7.20. The molecule has 0 aromatic heterocycles. The molecule has 1 N–H and O–H groups in total. The third-order valence-electron chi connectivity index (χ3n) is 3.25. The average molecular weight is 342 g/mol.